The van der Waals surface area contributed by atoms with E-state index in [-0.39, 0.29) is 12.5 Å². The summed E-state index contributed by atoms with van der Waals surface area (Å²) in [6.45, 7) is 6.00. The van der Waals surface area contributed by atoms with Crippen molar-refractivity contribution in [1.29, 1.82) is 0 Å². The van der Waals surface area contributed by atoms with Crippen LogP contribution in [0.25, 0.3) is 0 Å². The number of rotatable bonds is 12. The van der Waals surface area contributed by atoms with Crippen molar-refractivity contribution in [2.45, 2.75) is 64.1 Å². The van der Waals surface area contributed by atoms with Gasteiger partial charge in [0.2, 0.25) is 5.91 Å². The molecule has 0 aliphatic heterocycles. The molecule has 208 valence electrons. The van der Waals surface area contributed by atoms with Gasteiger partial charge in [-0.3, -0.25) is 10.1 Å². The Labute approximate surface area is 230 Å². The maximum Gasteiger partial charge on any atom is 0.407 e. The van der Waals surface area contributed by atoms with Crippen LogP contribution in [0.2, 0.25) is 0 Å². The van der Waals surface area contributed by atoms with E-state index in [0.717, 1.165) is 16.7 Å². The van der Waals surface area contributed by atoms with Gasteiger partial charge in [0, 0.05) is 12.1 Å². The van der Waals surface area contributed by atoms with Crippen molar-refractivity contribution < 1.29 is 24.2 Å². The monoisotopic (exact) mass is 533 g/mol. The number of nitrogens with one attached hydrogen (secondary N) is 3. The minimum atomic E-state index is -1.28. The van der Waals surface area contributed by atoms with Crippen LogP contribution in [0.5, 0.6) is 5.75 Å². The molecule has 0 radical (unpaired) electrons. The fraction of sp³-hybridized carbons (Fsp3) is 0.355. The fourth-order valence-corrected chi connectivity index (χ4v) is 4.10. The quantitative estimate of drug-likeness (QED) is 0.281. The van der Waals surface area contributed by atoms with Crippen molar-refractivity contribution in [3.8, 4) is 5.75 Å². The lowest BCUT2D eigenvalue weighted by Crippen LogP contribution is -2.61. The van der Waals surface area contributed by atoms with Gasteiger partial charge in [0.15, 0.2) is 0 Å². The van der Waals surface area contributed by atoms with E-state index in [1.54, 1.807) is 7.11 Å². The van der Waals surface area contributed by atoms with Crippen molar-refractivity contribution in [3.63, 3.8) is 0 Å². The molecule has 3 rings (SSSR count). The average Bonchev–Trinajstić information content (AvgIpc) is 2.92. The number of hydrogen-bond donors (Lipinski definition) is 4. The lowest BCUT2D eigenvalue weighted by molar-refractivity contribution is -0.128. The number of hydrogen-bond acceptors (Lipinski definition) is 6. The van der Waals surface area contributed by atoms with Crippen molar-refractivity contribution in [1.82, 2.24) is 16.0 Å². The van der Waals surface area contributed by atoms with E-state index < -0.39 is 29.8 Å². The highest BCUT2D eigenvalue weighted by Gasteiger charge is 2.35. The van der Waals surface area contributed by atoms with Gasteiger partial charge >= 0.3 is 6.09 Å². The van der Waals surface area contributed by atoms with E-state index in [1.165, 1.54) is 0 Å². The number of carbonyl (C=O) groups excluding carboxylic acids is 2. The van der Waals surface area contributed by atoms with Crippen molar-refractivity contribution in [3.05, 3.63) is 102 Å². The van der Waals surface area contributed by atoms with Crippen molar-refractivity contribution >= 4 is 12.0 Å². The number of carbonyl (C=O) groups is 2. The topological polar surface area (TPSA) is 109 Å². The molecular formula is C31H39N3O5. The second-order valence-electron chi connectivity index (χ2n) is 10.4. The molecule has 4 N–H and O–H groups in total. The first-order valence-electron chi connectivity index (χ1n) is 13.0. The third kappa shape index (κ3) is 10.1. The smallest absolute Gasteiger partial charge is 0.407 e. The minimum absolute atomic E-state index is 0.0862. The van der Waals surface area contributed by atoms with Gasteiger partial charge in [-0.2, -0.15) is 0 Å². The molecule has 0 aliphatic rings. The summed E-state index contributed by atoms with van der Waals surface area (Å²) in [5.74, 6) is 0.311. The largest absolute Gasteiger partial charge is 0.497 e. The van der Waals surface area contributed by atoms with Gasteiger partial charge < -0.3 is 25.2 Å². The van der Waals surface area contributed by atoms with E-state index in [1.807, 2.05) is 106 Å². The van der Waals surface area contributed by atoms with Gasteiger partial charge in [-0.25, -0.2) is 4.79 Å². The van der Waals surface area contributed by atoms with E-state index in [9.17, 15) is 14.7 Å². The van der Waals surface area contributed by atoms with Gasteiger partial charge in [-0.05, 0) is 56.0 Å². The van der Waals surface area contributed by atoms with Crippen LogP contribution >= 0.6 is 0 Å². The number of alkyl carbamates (subject to hydrolysis) is 1. The summed E-state index contributed by atoms with van der Waals surface area (Å²) in [4.78, 5) is 26.2. The second-order valence-corrected chi connectivity index (χ2v) is 10.4. The van der Waals surface area contributed by atoms with Crippen LogP contribution in [-0.4, -0.2) is 47.9 Å². The van der Waals surface area contributed by atoms with Crippen LogP contribution in [-0.2, 0) is 29.1 Å². The molecule has 2 amide bonds. The van der Waals surface area contributed by atoms with Gasteiger partial charge in [0.1, 0.15) is 18.4 Å². The first-order valence-corrected chi connectivity index (χ1v) is 13.0. The zero-order valence-electron chi connectivity index (χ0n) is 23.0. The molecule has 3 aromatic rings. The Balaban J connectivity index is 1.81. The molecule has 0 spiro atoms. The Bertz CT molecular complexity index is 1180. The third-order valence-electron chi connectivity index (χ3n) is 6.01. The minimum Gasteiger partial charge on any atom is -0.497 e. The molecule has 8 heteroatoms. The maximum absolute atomic E-state index is 13.4. The zero-order valence-corrected chi connectivity index (χ0v) is 23.0. The summed E-state index contributed by atoms with van der Waals surface area (Å²) in [6, 6.07) is 24.4. The van der Waals surface area contributed by atoms with Crippen molar-refractivity contribution in [2.75, 3.05) is 7.11 Å². The molecule has 0 heterocycles. The summed E-state index contributed by atoms with van der Waals surface area (Å²) in [6.07, 6.45) is -1.66. The molecule has 39 heavy (non-hydrogen) atoms. The van der Waals surface area contributed by atoms with E-state index in [4.69, 9.17) is 9.47 Å². The number of ether oxygens (including phenoxy) is 2. The molecule has 0 aromatic heterocycles. The Morgan fingerprint density at radius 1 is 0.872 bits per heavy atom. The summed E-state index contributed by atoms with van der Waals surface area (Å²) >= 11 is 0. The molecule has 0 aliphatic carbocycles. The Morgan fingerprint density at radius 3 is 2.10 bits per heavy atom. The van der Waals surface area contributed by atoms with Crippen LogP contribution in [0.3, 0.4) is 0 Å². The summed E-state index contributed by atoms with van der Waals surface area (Å²) in [7, 11) is 1.59. The Kier molecular flexibility index (Phi) is 10.9. The zero-order chi connectivity index (χ0) is 28.3. The second kappa shape index (κ2) is 14.3. The van der Waals surface area contributed by atoms with Crippen LogP contribution in [0.15, 0.2) is 84.9 Å². The van der Waals surface area contributed by atoms with Crippen LogP contribution in [0.1, 0.15) is 37.5 Å². The lowest BCUT2D eigenvalue weighted by atomic mass is 9.94. The average molecular weight is 534 g/mol. The lowest BCUT2D eigenvalue weighted by Gasteiger charge is -2.32. The molecule has 1 unspecified atom stereocenters. The molecule has 0 saturated carbocycles. The molecule has 3 aromatic carbocycles. The molecule has 0 bridgehead atoms. The normalized spacial score (nSPS) is 13.6. The fourth-order valence-electron chi connectivity index (χ4n) is 4.10. The molecular weight excluding hydrogens is 494 g/mol. The van der Waals surface area contributed by atoms with Crippen LogP contribution < -0.4 is 20.7 Å². The molecule has 0 fully saturated rings. The van der Waals surface area contributed by atoms with E-state index in [2.05, 4.69) is 16.0 Å². The summed E-state index contributed by atoms with van der Waals surface area (Å²) in [5.41, 5.74) is 2.09. The van der Waals surface area contributed by atoms with Crippen molar-refractivity contribution in [2.24, 2.45) is 0 Å². The van der Waals surface area contributed by atoms with Gasteiger partial charge in [-0.15, -0.1) is 0 Å². The summed E-state index contributed by atoms with van der Waals surface area (Å²) < 4.78 is 10.7. The molecule has 8 nitrogen and oxygen atoms in total. The maximum atomic E-state index is 13.4. The first-order chi connectivity index (χ1) is 18.6. The number of benzene rings is 3. The SMILES string of the molecule is COc1cccc(CNC(C(=O)NC(C)(C)C)[C@H](O)[C@H](Cc2ccccc2)NC(=O)OCc2ccccc2)c1. The van der Waals surface area contributed by atoms with Gasteiger partial charge in [0.05, 0.1) is 19.3 Å². The number of methoxy groups -OCH3 is 1. The van der Waals surface area contributed by atoms with Crippen LogP contribution in [0.4, 0.5) is 4.79 Å². The molecule has 0 saturated heterocycles. The Morgan fingerprint density at radius 2 is 1.49 bits per heavy atom. The van der Waals surface area contributed by atoms with E-state index >= 15 is 0 Å². The number of amides is 2. The van der Waals surface area contributed by atoms with Crippen LogP contribution in [0, 0.1) is 0 Å². The number of aliphatic hydroxyl groups is 1. The molecule has 3 atom stereocenters. The van der Waals surface area contributed by atoms with E-state index in [0.29, 0.717) is 18.7 Å². The highest BCUT2D eigenvalue weighted by Crippen LogP contribution is 2.15. The van der Waals surface area contributed by atoms with Gasteiger partial charge in [0.25, 0.3) is 0 Å². The first kappa shape index (κ1) is 29.7. The standard InChI is InChI=1S/C31H39N3O5/c1-31(2,3)34-29(36)27(32-20-24-16-11-17-25(18-24)38-4)28(35)26(19-22-12-7-5-8-13-22)33-30(37)39-21-23-14-9-6-10-15-23/h5-18,26-28,32,35H,19-21H2,1-4H3,(H,33,37)(H,34,36)/t26-,27?,28+/m0/s1. The number of aliphatic hydroxyl groups excluding tert-OH is 1. The highest BCUT2D eigenvalue weighted by atomic mass is 16.5. The highest BCUT2D eigenvalue weighted by molar-refractivity contribution is 5.83. The third-order valence-corrected chi connectivity index (χ3v) is 6.01. The van der Waals surface area contributed by atoms with Gasteiger partial charge in [-0.1, -0.05) is 72.8 Å². The Hall–Kier alpha value is -3.88. The predicted molar refractivity (Wildman–Crippen MR) is 151 cm³/mol. The predicted octanol–water partition coefficient (Wildman–Crippen LogP) is 3.97. The summed E-state index contributed by atoms with van der Waals surface area (Å²) in [5, 5.41) is 20.5.